The first kappa shape index (κ1) is 15.7. The first-order chi connectivity index (χ1) is 11.0. The van der Waals surface area contributed by atoms with E-state index in [4.69, 9.17) is 0 Å². The lowest BCUT2D eigenvalue weighted by Gasteiger charge is -2.47. The molecule has 2 N–H and O–H groups in total. The zero-order chi connectivity index (χ0) is 16.6. The number of H-pyrrole nitrogens is 1. The normalized spacial score (nSPS) is 28.0. The summed E-state index contributed by atoms with van der Waals surface area (Å²) in [5.41, 5.74) is 0.566. The first-order valence-electron chi connectivity index (χ1n) is 8.03. The van der Waals surface area contributed by atoms with Crippen molar-refractivity contribution in [3.8, 4) is 0 Å². The fraction of sp³-hybridized carbons (Fsp3) is 0.444. The van der Waals surface area contributed by atoms with E-state index in [0.717, 1.165) is 22.9 Å². The van der Waals surface area contributed by atoms with Gasteiger partial charge >= 0.3 is 0 Å². The highest BCUT2D eigenvalue weighted by atomic mass is 16.3. The predicted molar refractivity (Wildman–Crippen MR) is 87.8 cm³/mol. The molecule has 2 heterocycles. The molecule has 3 rings (SSSR count). The predicted octanol–water partition coefficient (Wildman–Crippen LogP) is 2.42. The molecule has 5 heteroatoms. The maximum atomic E-state index is 12.1. The van der Waals surface area contributed by atoms with E-state index >= 15 is 0 Å². The number of piperidine rings is 1. The summed E-state index contributed by atoms with van der Waals surface area (Å²) in [6.07, 6.45) is 3.62. The van der Waals surface area contributed by atoms with Gasteiger partial charge in [0.25, 0.3) is 0 Å². The molecule has 23 heavy (non-hydrogen) atoms. The van der Waals surface area contributed by atoms with E-state index in [1.54, 1.807) is 4.90 Å². The molecule has 0 radical (unpaired) electrons. The zero-order valence-corrected chi connectivity index (χ0v) is 13.5. The smallest absolute Gasteiger partial charge is 0.210 e. The number of carbonyl (C=O) groups is 2. The highest BCUT2D eigenvalue weighted by Gasteiger charge is 2.50. The van der Waals surface area contributed by atoms with Gasteiger partial charge in [0.05, 0.1) is 6.04 Å². The number of likely N-dealkylation sites (tertiary alicyclic amines) is 1. The monoisotopic (exact) mass is 314 g/mol. The third-order valence-electron chi connectivity index (χ3n) is 5.23. The lowest BCUT2D eigenvalue weighted by Crippen LogP contribution is -2.56. The number of benzene rings is 1. The minimum Gasteiger partial charge on any atom is -0.382 e. The second kappa shape index (κ2) is 5.81. The van der Waals surface area contributed by atoms with Gasteiger partial charge in [0.2, 0.25) is 6.41 Å². The van der Waals surface area contributed by atoms with Crippen molar-refractivity contribution in [1.29, 1.82) is 0 Å². The second-order valence-electron chi connectivity index (χ2n) is 6.32. The summed E-state index contributed by atoms with van der Waals surface area (Å²) >= 11 is 0. The molecule has 0 saturated carbocycles. The van der Waals surface area contributed by atoms with Crippen molar-refractivity contribution < 1.29 is 14.7 Å². The summed E-state index contributed by atoms with van der Waals surface area (Å²) in [5, 5.41) is 12.0. The average molecular weight is 314 g/mol. The van der Waals surface area contributed by atoms with Gasteiger partial charge in [0.1, 0.15) is 5.60 Å². The highest BCUT2D eigenvalue weighted by Crippen LogP contribution is 2.45. The Morgan fingerprint density at radius 1 is 1.48 bits per heavy atom. The molecule has 1 aromatic heterocycles. The van der Waals surface area contributed by atoms with Crippen LogP contribution in [0.3, 0.4) is 0 Å². The SMILES string of the molecule is CCC1C(c2c[nH]c3ccccc23)N(C=O)CCC1(O)C(C)=O. The molecular formula is C18H22N2O3. The van der Waals surface area contributed by atoms with Crippen LogP contribution in [0.5, 0.6) is 0 Å². The maximum absolute atomic E-state index is 12.1. The fourth-order valence-electron chi connectivity index (χ4n) is 3.97. The van der Waals surface area contributed by atoms with Crippen LogP contribution in [0.2, 0.25) is 0 Å². The van der Waals surface area contributed by atoms with Gasteiger partial charge in [-0.15, -0.1) is 0 Å². The van der Waals surface area contributed by atoms with Crippen LogP contribution >= 0.6 is 0 Å². The van der Waals surface area contributed by atoms with Gasteiger partial charge in [0.15, 0.2) is 5.78 Å². The molecule has 0 aliphatic carbocycles. The summed E-state index contributed by atoms with van der Waals surface area (Å²) in [6, 6.07) is 7.57. The topological polar surface area (TPSA) is 73.4 Å². The number of hydrogen-bond acceptors (Lipinski definition) is 3. The van der Waals surface area contributed by atoms with E-state index in [9.17, 15) is 14.7 Å². The van der Waals surface area contributed by atoms with Crippen LogP contribution in [0, 0.1) is 5.92 Å². The molecule has 1 saturated heterocycles. The third-order valence-corrected chi connectivity index (χ3v) is 5.23. The summed E-state index contributed by atoms with van der Waals surface area (Å²) < 4.78 is 0. The van der Waals surface area contributed by atoms with Crippen molar-refractivity contribution in [3.63, 3.8) is 0 Å². The maximum Gasteiger partial charge on any atom is 0.210 e. The Morgan fingerprint density at radius 3 is 2.87 bits per heavy atom. The number of aromatic amines is 1. The number of aliphatic hydroxyl groups is 1. The number of para-hydroxylation sites is 1. The van der Waals surface area contributed by atoms with E-state index in [-0.39, 0.29) is 17.7 Å². The van der Waals surface area contributed by atoms with Crippen molar-refractivity contribution in [3.05, 3.63) is 36.0 Å². The average Bonchev–Trinajstić information content (AvgIpc) is 2.98. The Labute approximate surface area is 135 Å². The molecule has 1 fully saturated rings. The number of ketones is 1. The highest BCUT2D eigenvalue weighted by molar-refractivity contribution is 5.87. The number of carbonyl (C=O) groups excluding carboxylic acids is 2. The summed E-state index contributed by atoms with van der Waals surface area (Å²) in [6.45, 7) is 3.76. The number of nitrogens with zero attached hydrogens (tertiary/aromatic N) is 1. The van der Waals surface area contributed by atoms with Crippen molar-refractivity contribution in [2.24, 2.45) is 5.92 Å². The number of hydrogen-bond donors (Lipinski definition) is 2. The molecule has 3 atom stereocenters. The van der Waals surface area contributed by atoms with Gasteiger partial charge in [-0.2, -0.15) is 0 Å². The lowest BCUT2D eigenvalue weighted by molar-refractivity contribution is -0.158. The summed E-state index contributed by atoms with van der Waals surface area (Å²) in [4.78, 5) is 28.6. The van der Waals surface area contributed by atoms with Gasteiger partial charge in [-0.1, -0.05) is 25.1 Å². The van der Waals surface area contributed by atoms with Crippen molar-refractivity contribution in [2.45, 2.75) is 38.3 Å². The third kappa shape index (κ3) is 2.36. The first-order valence-corrected chi connectivity index (χ1v) is 8.03. The van der Waals surface area contributed by atoms with Crippen LogP contribution in [0.15, 0.2) is 30.5 Å². The van der Waals surface area contributed by atoms with Gasteiger partial charge in [-0.05, 0) is 19.4 Å². The number of Topliss-reactive ketones (excluding diaryl/α,β-unsaturated/α-hetero) is 1. The molecule has 1 aliphatic rings. The van der Waals surface area contributed by atoms with Crippen LogP contribution in [0.1, 0.15) is 38.3 Å². The molecule has 0 spiro atoms. The van der Waals surface area contributed by atoms with Gasteiger partial charge < -0.3 is 15.0 Å². The number of amides is 1. The van der Waals surface area contributed by atoms with Crippen LogP contribution < -0.4 is 0 Å². The molecule has 122 valence electrons. The van der Waals surface area contributed by atoms with Crippen molar-refractivity contribution in [1.82, 2.24) is 9.88 Å². The Bertz CT molecular complexity index is 739. The van der Waals surface area contributed by atoms with Crippen molar-refractivity contribution in [2.75, 3.05) is 6.54 Å². The van der Waals surface area contributed by atoms with E-state index in [1.165, 1.54) is 6.92 Å². The quantitative estimate of drug-likeness (QED) is 0.851. The Kier molecular flexibility index (Phi) is 3.98. The molecule has 0 bridgehead atoms. The molecule has 1 aliphatic heterocycles. The minimum absolute atomic E-state index is 0.222. The Balaban J connectivity index is 2.15. The lowest BCUT2D eigenvalue weighted by atomic mass is 9.70. The van der Waals surface area contributed by atoms with Crippen LogP contribution in [0.4, 0.5) is 0 Å². The summed E-state index contributed by atoms with van der Waals surface area (Å²) in [5.74, 6) is -0.544. The minimum atomic E-state index is -1.38. The molecule has 1 aromatic carbocycles. The molecular weight excluding hydrogens is 292 g/mol. The molecule has 3 unspecified atom stereocenters. The number of nitrogens with one attached hydrogen (secondary N) is 1. The number of fused-ring (bicyclic) bond motifs is 1. The van der Waals surface area contributed by atoms with Crippen LogP contribution in [-0.2, 0) is 9.59 Å². The summed E-state index contributed by atoms with van der Waals surface area (Å²) in [7, 11) is 0. The van der Waals surface area contributed by atoms with Gasteiger partial charge in [-0.3, -0.25) is 9.59 Å². The van der Waals surface area contributed by atoms with Crippen LogP contribution in [-0.4, -0.2) is 39.3 Å². The standard InChI is InChI=1S/C18H22N2O3/c1-3-15-17(14-10-19-16-7-5-4-6-13(14)16)20(11-21)9-8-18(15,23)12(2)22/h4-7,10-11,15,17,19,23H,3,8-9H2,1-2H3. The number of aromatic nitrogens is 1. The molecule has 5 nitrogen and oxygen atoms in total. The van der Waals surface area contributed by atoms with E-state index in [2.05, 4.69) is 4.98 Å². The zero-order valence-electron chi connectivity index (χ0n) is 13.5. The Hall–Kier alpha value is -2.14. The fourth-order valence-corrected chi connectivity index (χ4v) is 3.97. The largest absolute Gasteiger partial charge is 0.382 e. The van der Waals surface area contributed by atoms with Gasteiger partial charge in [-0.25, -0.2) is 0 Å². The van der Waals surface area contributed by atoms with E-state index in [0.29, 0.717) is 19.4 Å². The Morgan fingerprint density at radius 2 is 2.22 bits per heavy atom. The second-order valence-corrected chi connectivity index (χ2v) is 6.32. The van der Waals surface area contributed by atoms with Crippen LogP contribution in [0.25, 0.3) is 10.9 Å². The van der Waals surface area contributed by atoms with Gasteiger partial charge in [0, 0.05) is 41.5 Å². The van der Waals surface area contributed by atoms with Crippen molar-refractivity contribution >= 4 is 23.1 Å². The molecule has 1 amide bonds. The number of rotatable bonds is 4. The van der Waals surface area contributed by atoms with E-state index in [1.807, 2.05) is 37.4 Å². The molecule has 2 aromatic rings. The van der Waals surface area contributed by atoms with E-state index < -0.39 is 5.60 Å².